The van der Waals surface area contributed by atoms with Gasteiger partial charge in [-0.25, -0.2) is 9.59 Å². The van der Waals surface area contributed by atoms with E-state index in [2.05, 4.69) is 10.6 Å². The smallest absolute Gasteiger partial charge is 0.328 e. The number of urea groups is 1. The molecule has 1 aliphatic carbocycles. The lowest BCUT2D eigenvalue weighted by atomic mass is 10.1. The molecule has 0 saturated heterocycles. The highest BCUT2D eigenvalue weighted by atomic mass is 16.4. The van der Waals surface area contributed by atoms with Gasteiger partial charge < -0.3 is 15.7 Å². The molecule has 0 bridgehead atoms. The molecule has 0 spiro atoms. The van der Waals surface area contributed by atoms with E-state index in [1.807, 2.05) is 6.92 Å². The maximum atomic E-state index is 11.6. The fraction of sp³-hybridized carbons (Fsp3) is 0.833. The number of rotatable bonds is 6. The van der Waals surface area contributed by atoms with Crippen LogP contribution in [0.25, 0.3) is 0 Å². The van der Waals surface area contributed by atoms with E-state index in [-0.39, 0.29) is 6.04 Å². The number of hydrogen-bond acceptors (Lipinski definition) is 2. The standard InChI is InChI=1S/C12H22N2O3/c1-4-9(7-8-5-6-8)13-11(17)14-12(2,3)10(15)16/h8-9H,4-7H2,1-3H3,(H,15,16)(H2,13,14,17). The van der Waals surface area contributed by atoms with Crippen molar-refractivity contribution in [3.8, 4) is 0 Å². The lowest BCUT2D eigenvalue weighted by Crippen LogP contribution is -2.54. The Hall–Kier alpha value is -1.26. The largest absolute Gasteiger partial charge is 0.480 e. The van der Waals surface area contributed by atoms with Gasteiger partial charge in [-0.15, -0.1) is 0 Å². The third-order valence-corrected chi connectivity index (χ3v) is 3.10. The highest BCUT2D eigenvalue weighted by Gasteiger charge is 2.30. The van der Waals surface area contributed by atoms with Gasteiger partial charge in [0.05, 0.1) is 0 Å². The fourth-order valence-electron chi connectivity index (χ4n) is 1.64. The van der Waals surface area contributed by atoms with E-state index in [9.17, 15) is 9.59 Å². The van der Waals surface area contributed by atoms with Gasteiger partial charge in [0, 0.05) is 6.04 Å². The number of aliphatic carboxylic acids is 1. The van der Waals surface area contributed by atoms with Crippen molar-refractivity contribution in [2.75, 3.05) is 0 Å². The third kappa shape index (κ3) is 4.63. The number of carboxylic acid groups (broad SMARTS) is 1. The van der Waals surface area contributed by atoms with E-state index in [1.165, 1.54) is 26.7 Å². The lowest BCUT2D eigenvalue weighted by molar-refractivity contribution is -0.142. The van der Waals surface area contributed by atoms with Crippen molar-refractivity contribution < 1.29 is 14.7 Å². The number of hydrogen-bond donors (Lipinski definition) is 3. The van der Waals surface area contributed by atoms with Crippen molar-refractivity contribution in [2.45, 2.75) is 58.0 Å². The summed E-state index contributed by atoms with van der Waals surface area (Å²) in [6, 6.07) is -0.253. The molecule has 0 aliphatic heterocycles. The highest BCUT2D eigenvalue weighted by Crippen LogP contribution is 2.33. The number of carbonyl (C=O) groups excluding carboxylic acids is 1. The Morgan fingerprint density at radius 1 is 1.41 bits per heavy atom. The monoisotopic (exact) mass is 242 g/mol. The van der Waals surface area contributed by atoms with Crippen LogP contribution in [0.5, 0.6) is 0 Å². The van der Waals surface area contributed by atoms with Crippen molar-refractivity contribution in [1.82, 2.24) is 10.6 Å². The average Bonchev–Trinajstić information content (AvgIpc) is 2.99. The summed E-state index contributed by atoms with van der Waals surface area (Å²) in [7, 11) is 0. The van der Waals surface area contributed by atoms with E-state index < -0.39 is 17.5 Å². The summed E-state index contributed by atoms with van der Waals surface area (Å²) in [6.45, 7) is 4.96. The van der Waals surface area contributed by atoms with E-state index in [0.717, 1.165) is 18.8 Å². The second-order valence-corrected chi connectivity index (χ2v) is 5.31. The molecule has 0 aromatic heterocycles. The first-order chi connectivity index (χ1) is 7.85. The van der Waals surface area contributed by atoms with Crippen LogP contribution in [0, 0.1) is 5.92 Å². The molecule has 5 nitrogen and oxygen atoms in total. The van der Waals surface area contributed by atoms with Crippen molar-refractivity contribution >= 4 is 12.0 Å². The van der Waals surface area contributed by atoms with Crippen LogP contribution in [0.15, 0.2) is 0 Å². The zero-order valence-electron chi connectivity index (χ0n) is 10.7. The Balaban J connectivity index is 2.38. The van der Waals surface area contributed by atoms with Crippen molar-refractivity contribution in [2.24, 2.45) is 5.92 Å². The van der Waals surface area contributed by atoms with Crippen LogP contribution in [0.2, 0.25) is 0 Å². The molecule has 3 N–H and O–H groups in total. The van der Waals surface area contributed by atoms with E-state index in [1.54, 1.807) is 0 Å². The maximum Gasteiger partial charge on any atom is 0.328 e. The summed E-state index contributed by atoms with van der Waals surface area (Å²) in [4.78, 5) is 22.5. The van der Waals surface area contributed by atoms with Gasteiger partial charge in [0.1, 0.15) is 5.54 Å². The van der Waals surface area contributed by atoms with Gasteiger partial charge in [0.25, 0.3) is 0 Å². The molecule has 17 heavy (non-hydrogen) atoms. The molecule has 1 fully saturated rings. The maximum absolute atomic E-state index is 11.6. The Labute approximate surface area is 102 Å². The topological polar surface area (TPSA) is 78.4 Å². The normalized spacial score (nSPS) is 17.4. The SMILES string of the molecule is CCC(CC1CC1)NC(=O)NC(C)(C)C(=O)O. The van der Waals surface area contributed by atoms with Gasteiger partial charge in [0.2, 0.25) is 0 Å². The molecule has 1 rings (SSSR count). The average molecular weight is 242 g/mol. The van der Waals surface area contributed by atoms with Gasteiger partial charge >= 0.3 is 12.0 Å². The zero-order chi connectivity index (χ0) is 13.1. The van der Waals surface area contributed by atoms with Crippen LogP contribution >= 0.6 is 0 Å². The minimum Gasteiger partial charge on any atom is -0.480 e. The van der Waals surface area contributed by atoms with E-state index in [0.29, 0.717) is 0 Å². The molecule has 1 aliphatic rings. The molecule has 0 aromatic carbocycles. The van der Waals surface area contributed by atoms with E-state index in [4.69, 9.17) is 5.11 Å². The summed E-state index contributed by atoms with van der Waals surface area (Å²) in [6.07, 6.45) is 4.37. The van der Waals surface area contributed by atoms with Crippen LogP contribution in [0.4, 0.5) is 4.79 Å². The molecule has 0 heterocycles. The van der Waals surface area contributed by atoms with Crippen LogP contribution < -0.4 is 10.6 Å². The number of carboxylic acids is 1. The number of nitrogens with one attached hydrogen (secondary N) is 2. The van der Waals surface area contributed by atoms with Gasteiger partial charge in [-0.3, -0.25) is 0 Å². The molecule has 1 unspecified atom stereocenters. The van der Waals surface area contributed by atoms with Crippen LogP contribution in [-0.2, 0) is 4.79 Å². The second kappa shape index (κ2) is 5.38. The third-order valence-electron chi connectivity index (χ3n) is 3.10. The fourth-order valence-corrected chi connectivity index (χ4v) is 1.64. The minimum absolute atomic E-state index is 0.145. The Bertz CT molecular complexity index is 298. The van der Waals surface area contributed by atoms with E-state index >= 15 is 0 Å². The Kier molecular flexibility index (Phi) is 4.37. The first-order valence-corrected chi connectivity index (χ1v) is 6.17. The van der Waals surface area contributed by atoms with Gasteiger partial charge in [-0.2, -0.15) is 0 Å². The summed E-state index contributed by atoms with van der Waals surface area (Å²) in [5, 5.41) is 14.2. The number of amides is 2. The van der Waals surface area contributed by atoms with Crippen LogP contribution in [-0.4, -0.2) is 28.7 Å². The molecule has 98 valence electrons. The molecule has 2 amide bonds. The van der Waals surface area contributed by atoms with Gasteiger partial charge in [-0.05, 0) is 32.6 Å². The van der Waals surface area contributed by atoms with Crippen LogP contribution in [0.3, 0.4) is 0 Å². The quantitative estimate of drug-likeness (QED) is 0.663. The Morgan fingerprint density at radius 2 is 2.00 bits per heavy atom. The summed E-state index contributed by atoms with van der Waals surface area (Å²) < 4.78 is 0. The predicted molar refractivity (Wildman–Crippen MR) is 64.8 cm³/mol. The summed E-state index contributed by atoms with van der Waals surface area (Å²) >= 11 is 0. The van der Waals surface area contributed by atoms with Gasteiger partial charge in [-0.1, -0.05) is 19.8 Å². The van der Waals surface area contributed by atoms with Crippen molar-refractivity contribution in [3.05, 3.63) is 0 Å². The lowest BCUT2D eigenvalue weighted by Gasteiger charge is -2.24. The first-order valence-electron chi connectivity index (χ1n) is 6.17. The molecular formula is C12H22N2O3. The van der Waals surface area contributed by atoms with Crippen LogP contribution in [0.1, 0.15) is 46.5 Å². The van der Waals surface area contributed by atoms with Crippen molar-refractivity contribution in [3.63, 3.8) is 0 Å². The second-order valence-electron chi connectivity index (χ2n) is 5.31. The van der Waals surface area contributed by atoms with Crippen molar-refractivity contribution in [1.29, 1.82) is 0 Å². The first kappa shape index (κ1) is 13.8. The molecule has 1 atom stereocenters. The van der Waals surface area contributed by atoms with Gasteiger partial charge in [0.15, 0.2) is 0 Å². The predicted octanol–water partition coefficient (Wildman–Crippen LogP) is 1.73. The molecule has 0 radical (unpaired) electrons. The summed E-state index contributed by atoms with van der Waals surface area (Å²) in [5.41, 5.74) is -1.23. The molecule has 1 saturated carbocycles. The number of carbonyl (C=O) groups is 2. The minimum atomic E-state index is -1.23. The molecule has 5 heteroatoms. The molecular weight excluding hydrogens is 220 g/mol. The Morgan fingerprint density at radius 3 is 2.41 bits per heavy atom. The zero-order valence-corrected chi connectivity index (χ0v) is 10.7. The molecule has 0 aromatic rings. The highest BCUT2D eigenvalue weighted by molar-refractivity contribution is 5.85. The summed E-state index contributed by atoms with van der Waals surface area (Å²) in [5.74, 6) is -0.296.